The van der Waals surface area contributed by atoms with Gasteiger partial charge in [-0.15, -0.1) is 0 Å². The van der Waals surface area contributed by atoms with Crippen molar-refractivity contribution in [3.63, 3.8) is 0 Å². The topological polar surface area (TPSA) is 59.2 Å². The van der Waals surface area contributed by atoms with Crippen LogP contribution in [0.15, 0.2) is 59.4 Å². The number of rotatable bonds is 5. The summed E-state index contributed by atoms with van der Waals surface area (Å²) in [7, 11) is 0. The van der Waals surface area contributed by atoms with E-state index in [4.69, 9.17) is 4.74 Å². The Morgan fingerprint density at radius 2 is 1.88 bits per heavy atom. The average Bonchev–Trinajstić information content (AvgIpc) is 2.60. The Bertz CT molecular complexity index is 998. The van der Waals surface area contributed by atoms with Crippen LogP contribution in [0.5, 0.6) is 5.75 Å². The van der Waals surface area contributed by atoms with Crippen LogP contribution >= 0.6 is 0 Å². The van der Waals surface area contributed by atoms with Crippen LogP contribution in [0.3, 0.4) is 0 Å². The monoisotopic (exact) mass is 333 g/mol. The van der Waals surface area contributed by atoms with E-state index in [0.717, 1.165) is 10.9 Å². The SMILES string of the molecule is CCOc1ccc2cc(C=CC(=O)c3ccc(C)cc3)c(=O)[nH]c2c1. The van der Waals surface area contributed by atoms with Crippen molar-refractivity contribution in [2.24, 2.45) is 0 Å². The third-order valence-electron chi connectivity index (χ3n) is 3.91. The lowest BCUT2D eigenvalue weighted by molar-refractivity contribution is 0.104. The van der Waals surface area contributed by atoms with E-state index >= 15 is 0 Å². The molecule has 1 aromatic heterocycles. The fraction of sp³-hybridized carbons (Fsp3) is 0.143. The minimum atomic E-state index is -0.242. The maximum atomic E-state index is 12.2. The van der Waals surface area contributed by atoms with E-state index in [0.29, 0.717) is 29.0 Å². The molecule has 0 bridgehead atoms. The van der Waals surface area contributed by atoms with Crippen LogP contribution in [0.25, 0.3) is 17.0 Å². The number of carbonyl (C=O) groups excluding carboxylic acids is 1. The van der Waals surface area contributed by atoms with E-state index < -0.39 is 0 Å². The van der Waals surface area contributed by atoms with Crippen molar-refractivity contribution in [2.75, 3.05) is 6.61 Å². The van der Waals surface area contributed by atoms with Crippen LogP contribution < -0.4 is 10.3 Å². The maximum Gasteiger partial charge on any atom is 0.255 e. The summed E-state index contributed by atoms with van der Waals surface area (Å²) in [6, 6.07) is 14.6. The zero-order valence-corrected chi connectivity index (χ0v) is 14.2. The van der Waals surface area contributed by atoms with Crippen LogP contribution in [0.4, 0.5) is 0 Å². The number of aromatic amines is 1. The molecule has 0 fully saturated rings. The molecule has 0 radical (unpaired) electrons. The van der Waals surface area contributed by atoms with Gasteiger partial charge in [-0.3, -0.25) is 9.59 Å². The molecule has 0 unspecified atom stereocenters. The van der Waals surface area contributed by atoms with Crippen molar-refractivity contribution >= 4 is 22.8 Å². The Morgan fingerprint density at radius 3 is 2.60 bits per heavy atom. The number of aromatic nitrogens is 1. The summed E-state index contributed by atoms with van der Waals surface area (Å²) in [5, 5.41) is 0.880. The third-order valence-corrected chi connectivity index (χ3v) is 3.91. The molecule has 3 aromatic rings. The van der Waals surface area contributed by atoms with Gasteiger partial charge in [0.1, 0.15) is 5.75 Å². The number of pyridine rings is 1. The predicted octanol–water partition coefficient (Wildman–Crippen LogP) is 4.13. The van der Waals surface area contributed by atoms with Gasteiger partial charge in [0.25, 0.3) is 5.56 Å². The van der Waals surface area contributed by atoms with Crippen LogP contribution in [0.1, 0.15) is 28.4 Å². The summed E-state index contributed by atoms with van der Waals surface area (Å²) in [5.41, 5.74) is 2.60. The van der Waals surface area contributed by atoms with Gasteiger partial charge in [0, 0.05) is 17.2 Å². The van der Waals surface area contributed by atoms with Gasteiger partial charge in [-0.1, -0.05) is 29.8 Å². The number of ether oxygens (including phenoxy) is 1. The number of fused-ring (bicyclic) bond motifs is 1. The quantitative estimate of drug-likeness (QED) is 0.564. The van der Waals surface area contributed by atoms with Gasteiger partial charge in [0.15, 0.2) is 5.78 Å². The molecule has 4 heteroatoms. The van der Waals surface area contributed by atoms with E-state index in [9.17, 15) is 9.59 Å². The first-order valence-corrected chi connectivity index (χ1v) is 8.16. The van der Waals surface area contributed by atoms with Crippen molar-refractivity contribution < 1.29 is 9.53 Å². The lowest BCUT2D eigenvalue weighted by Crippen LogP contribution is -2.09. The van der Waals surface area contributed by atoms with Crippen LogP contribution in [-0.2, 0) is 0 Å². The zero-order chi connectivity index (χ0) is 17.8. The van der Waals surface area contributed by atoms with Crippen LogP contribution in [0.2, 0.25) is 0 Å². The molecule has 0 aliphatic rings. The summed E-state index contributed by atoms with van der Waals surface area (Å²) in [6.45, 7) is 4.44. The van der Waals surface area contributed by atoms with Gasteiger partial charge >= 0.3 is 0 Å². The first-order chi connectivity index (χ1) is 12.1. The number of carbonyl (C=O) groups is 1. The molecular weight excluding hydrogens is 314 g/mol. The van der Waals surface area contributed by atoms with Crippen molar-refractivity contribution in [3.8, 4) is 5.75 Å². The molecule has 1 N–H and O–H groups in total. The van der Waals surface area contributed by atoms with Crippen molar-refractivity contribution in [2.45, 2.75) is 13.8 Å². The van der Waals surface area contributed by atoms with Crippen LogP contribution in [0, 0.1) is 6.92 Å². The summed E-state index contributed by atoms with van der Waals surface area (Å²) in [4.78, 5) is 27.3. The largest absolute Gasteiger partial charge is 0.494 e. The minimum Gasteiger partial charge on any atom is -0.494 e. The summed E-state index contributed by atoms with van der Waals surface area (Å²) in [6.07, 6.45) is 2.98. The number of ketones is 1. The van der Waals surface area contributed by atoms with E-state index in [1.165, 1.54) is 6.08 Å². The normalized spacial score (nSPS) is 11.1. The second-order valence-electron chi connectivity index (χ2n) is 5.80. The standard InChI is InChI=1S/C21H19NO3/c1-3-25-18-10-8-16-12-17(21(24)22-19(16)13-18)9-11-20(23)15-6-4-14(2)5-7-15/h4-13H,3H2,1-2H3,(H,22,24). The molecule has 0 saturated heterocycles. The summed E-state index contributed by atoms with van der Waals surface area (Å²) in [5.74, 6) is 0.578. The molecule has 126 valence electrons. The average molecular weight is 333 g/mol. The number of aryl methyl sites for hydroxylation is 1. The second-order valence-corrected chi connectivity index (χ2v) is 5.80. The molecule has 0 atom stereocenters. The highest BCUT2D eigenvalue weighted by Gasteiger charge is 2.04. The second kappa shape index (κ2) is 7.18. The number of allylic oxidation sites excluding steroid dienone is 1. The lowest BCUT2D eigenvalue weighted by atomic mass is 10.1. The number of hydrogen-bond acceptors (Lipinski definition) is 3. The molecule has 0 amide bonds. The van der Waals surface area contributed by atoms with Crippen molar-refractivity contribution in [1.82, 2.24) is 4.98 Å². The number of benzene rings is 2. The predicted molar refractivity (Wildman–Crippen MR) is 100 cm³/mol. The molecule has 0 aliphatic heterocycles. The highest BCUT2D eigenvalue weighted by molar-refractivity contribution is 6.06. The number of nitrogens with one attached hydrogen (secondary N) is 1. The molecule has 0 spiro atoms. The van der Waals surface area contributed by atoms with Gasteiger partial charge in [0.2, 0.25) is 0 Å². The van der Waals surface area contributed by atoms with Gasteiger partial charge in [-0.2, -0.15) is 0 Å². The highest BCUT2D eigenvalue weighted by atomic mass is 16.5. The van der Waals surface area contributed by atoms with E-state index in [2.05, 4.69) is 4.98 Å². The Labute approximate surface area is 145 Å². The zero-order valence-electron chi connectivity index (χ0n) is 14.2. The van der Waals surface area contributed by atoms with Gasteiger partial charge in [0.05, 0.1) is 12.1 Å². The molecule has 4 nitrogen and oxygen atoms in total. The van der Waals surface area contributed by atoms with Crippen molar-refractivity contribution in [3.05, 3.63) is 81.7 Å². The molecule has 0 aliphatic carbocycles. The molecule has 1 heterocycles. The minimum absolute atomic E-state index is 0.133. The van der Waals surface area contributed by atoms with Crippen molar-refractivity contribution in [1.29, 1.82) is 0 Å². The number of H-pyrrole nitrogens is 1. The van der Waals surface area contributed by atoms with E-state index in [1.807, 2.05) is 38.1 Å². The molecule has 3 rings (SSSR count). The first-order valence-electron chi connectivity index (χ1n) is 8.16. The maximum absolute atomic E-state index is 12.2. The first kappa shape index (κ1) is 16.7. The summed E-state index contributed by atoms with van der Waals surface area (Å²) >= 11 is 0. The van der Waals surface area contributed by atoms with E-state index in [1.54, 1.807) is 30.3 Å². The number of hydrogen-bond donors (Lipinski definition) is 1. The fourth-order valence-corrected chi connectivity index (χ4v) is 2.56. The molecular formula is C21H19NO3. The molecule has 25 heavy (non-hydrogen) atoms. The van der Waals surface area contributed by atoms with Gasteiger partial charge in [-0.25, -0.2) is 0 Å². The van der Waals surface area contributed by atoms with Crippen LogP contribution in [-0.4, -0.2) is 17.4 Å². The van der Waals surface area contributed by atoms with Gasteiger partial charge < -0.3 is 9.72 Å². The third kappa shape index (κ3) is 3.86. The lowest BCUT2D eigenvalue weighted by Gasteiger charge is -2.05. The Kier molecular flexibility index (Phi) is 4.80. The molecule has 2 aromatic carbocycles. The van der Waals surface area contributed by atoms with Gasteiger partial charge in [-0.05, 0) is 49.6 Å². The summed E-state index contributed by atoms with van der Waals surface area (Å²) < 4.78 is 5.44. The Morgan fingerprint density at radius 1 is 1.12 bits per heavy atom. The smallest absolute Gasteiger partial charge is 0.255 e. The highest BCUT2D eigenvalue weighted by Crippen LogP contribution is 2.19. The van der Waals surface area contributed by atoms with E-state index in [-0.39, 0.29) is 11.3 Å². The Hall–Kier alpha value is -3.14. The fourth-order valence-electron chi connectivity index (χ4n) is 2.56. The molecule has 0 saturated carbocycles. The Balaban J connectivity index is 1.89.